The quantitative estimate of drug-likeness (QED) is 0.650. The lowest BCUT2D eigenvalue weighted by atomic mass is 10.2. The van der Waals surface area contributed by atoms with E-state index in [1.807, 2.05) is 24.3 Å². The third-order valence-electron chi connectivity index (χ3n) is 3.60. The van der Waals surface area contributed by atoms with Crippen LogP contribution in [0.2, 0.25) is 0 Å². The minimum Gasteiger partial charge on any atom is -0.456 e. The van der Waals surface area contributed by atoms with Crippen LogP contribution in [0.25, 0.3) is 10.2 Å². The zero-order valence-electron chi connectivity index (χ0n) is 14.9. The molecular formula is C18H23N3O4S. The first kappa shape index (κ1) is 19.8. The van der Waals surface area contributed by atoms with Crippen molar-refractivity contribution in [2.24, 2.45) is 0 Å². The minimum absolute atomic E-state index is 0.217. The Bertz CT molecular complexity index is 742. The number of benzene rings is 1. The van der Waals surface area contributed by atoms with E-state index in [1.54, 1.807) is 25.2 Å². The van der Waals surface area contributed by atoms with Gasteiger partial charge >= 0.3 is 5.97 Å². The Morgan fingerprint density at radius 3 is 2.77 bits per heavy atom. The molecule has 0 aliphatic heterocycles. The third kappa shape index (κ3) is 6.11. The average molecular weight is 377 g/mol. The molecule has 140 valence electrons. The summed E-state index contributed by atoms with van der Waals surface area (Å²) in [4.78, 5) is 39.4. The van der Waals surface area contributed by atoms with Crippen LogP contribution in [0, 0.1) is 0 Å². The summed E-state index contributed by atoms with van der Waals surface area (Å²) in [6.45, 7) is 3.47. The van der Waals surface area contributed by atoms with Crippen LogP contribution in [0.4, 0.5) is 0 Å². The number of likely N-dealkylation sites (N-methyl/N-ethyl adjacent to an activating group) is 1. The van der Waals surface area contributed by atoms with Gasteiger partial charge in [0.2, 0.25) is 5.91 Å². The molecule has 2 N–H and O–H groups in total. The van der Waals surface area contributed by atoms with Crippen LogP contribution in [-0.4, -0.2) is 42.0 Å². The molecule has 0 aliphatic carbocycles. The fourth-order valence-electron chi connectivity index (χ4n) is 2.31. The standard InChI is InChI=1S/C18H23N3O4S/c1-3-19-18(24)12(2)20-15(22)11-25-17(23)10-6-9-16-21-13-7-4-5-8-14(13)26-16/h4-5,7-8,12H,3,6,9-11H2,1-2H3,(H,19,24)(H,20,22)/t12-/m0/s1. The molecule has 0 aliphatic rings. The van der Waals surface area contributed by atoms with Crippen molar-refractivity contribution in [3.05, 3.63) is 29.3 Å². The molecule has 1 aromatic carbocycles. The topological polar surface area (TPSA) is 97.4 Å². The first-order valence-electron chi connectivity index (χ1n) is 8.56. The predicted octanol–water partition coefficient (Wildman–Crippen LogP) is 1.80. The lowest BCUT2D eigenvalue weighted by Crippen LogP contribution is -2.46. The number of carbonyl (C=O) groups excluding carboxylic acids is 3. The zero-order chi connectivity index (χ0) is 18.9. The Morgan fingerprint density at radius 2 is 2.04 bits per heavy atom. The van der Waals surface area contributed by atoms with Gasteiger partial charge in [-0.1, -0.05) is 12.1 Å². The molecule has 7 nitrogen and oxygen atoms in total. The van der Waals surface area contributed by atoms with Gasteiger partial charge in [0.25, 0.3) is 5.91 Å². The van der Waals surface area contributed by atoms with E-state index in [0.717, 1.165) is 15.2 Å². The number of fused-ring (bicyclic) bond motifs is 1. The maximum absolute atomic E-state index is 11.7. The van der Waals surface area contributed by atoms with Crippen molar-refractivity contribution in [2.45, 2.75) is 39.2 Å². The highest BCUT2D eigenvalue weighted by Crippen LogP contribution is 2.22. The van der Waals surface area contributed by atoms with Gasteiger partial charge in [0.15, 0.2) is 6.61 Å². The van der Waals surface area contributed by atoms with Crippen molar-refractivity contribution in [1.29, 1.82) is 0 Å². The Balaban J connectivity index is 1.65. The summed E-state index contributed by atoms with van der Waals surface area (Å²) in [5, 5.41) is 6.06. The van der Waals surface area contributed by atoms with Crippen molar-refractivity contribution in [1.82, 2.24) is 15.6 Å². The number of ether oxygens (including phenoxy) is 1. The van der Waals surface area contributed by atoms with E-state index in [1.165, 1.54) is 0 Å². The summed E-state index contributed by atoms with van der Waals surface area (Å²) in [5.41, 5.74) is 0.966. The van der Waals surface area contributed by atoms with Crippen molar-refractivity contribution in [3.8, 4) is 0 Å². The maximum Gasteiger partial charge on any atom is 0.306 e. The minimum atomic E-state index is -0.666. The van der Waals surface area contributed by atoms with Crippen molar-refractivity contribution in [3.63, 3.8) is 0 Å². The van der Waals surface area contributed by atoms with E-state index in [4.69, 9.17) is 4.74 Å². The van der Waals surface area contributed by atoms with Gasteiger partial charge in [-0.3, -0.25) is 14.4 Å². The van der Waals surface area contributed by atoms with Gasteiger partial charge in [-0.15, -0.1) is 11.3 Å². The third-order valence-corrected chi connectivity index (χ3v) is 4.69. The predicted molar refractivity (Wildman–Crippen MR) is 99.8 cm³/mol. The lowest BCUT2D eigenvalue weighted by molar-refractivity contribution is -0.149. The summed E-state index contributed by atoms with van der Waals surface area (Å²) in [7, 11) is 0. The Morgan fingerprint density at radius 1 is 1.27 bits per heavy atom. The molecule has 0 saturated heterocycles. The van der Waals surface area contributed by atoms with E-state index >= 15 is 0 Å². The number of nitrogens with zero attached hydrogens (tertiary/aromatic N) is 1. The molecule has 0 bridgehead atoms. The number of carbonyl (C=O) groups is 3. The molecule has 0 spiro atoms. The molecule has 8 heteroatoms. The Hall–Kier alpha value is -2.48. The molecule has 0 saturated carbocycles. The highest BCUT2D eigenvalue weighted by Gasteiger charge is 2.15. The van der Waals surface area contributed by atoms with Crippen LogP contribution in [0.5, 0.6) is 0 Å². The largest absolute Gasteiger partial charge is 0.456 e. The smallest absolute Gasteiger partial charge is 0.306 e. The number of hydrogen-bond acceptors (Lipinski definition) is 6. The van der Waals surface area contributed by atoms with Crippen LogP contribution < -0.4 is 10.6 Å². The molecule has 0 fully saturated rings. The molecule has 0 radical (unpaired) electrons. The zero-order valence-corrected chi connectivity index (χ0v) is 15.7. The van der Waals surface area contributed by atoms with Crippen LogP contribution in [0.1, 0.15) is 31.7 Å². The molecule has 1 heterocycles. The molecule has 1 aromatic heterocycles. The second kappa shape index (κ2) is 9.86. The van der Waals surface area contributed by atoms with Gasteiger partial charge < -0.3 is 15.4 Å². The Kier molecular flexibility index (Phi) is 7.53. The second-order valence-electron chi connectivity index (χ2n) is 5.77. The normalized spacial score (nSPS) is 11.8. The highest BCUT2D eigenvalue weighted by molar-refractivity contribution is 7.18. The van der Waals surface area contributed by atoms with E-state index in [2.05, 4.69) is 15.6 Å². The number of nitrogens with one attached hydrogen (secondary N) is 2. The van der Waals surface area contributed by atoms with Crippen molar-refractivity contribution >= 4 is 39.3 Å². The maximum atomic E-state index is 11.7. The molecule has 0 unspecified atom stereocenters. The van der Waals surface area contributed by atoms with Gasteiger partial charge in [-0.25, -0.2) is 4.98 Å². The number of hydrogen-bond donors (Lipinski definition) is 2. The number of esters is 1. The number of amides is 2. The molecule has 2 aromatic rings. The van der Waals surface area contributed by atoms with E-state index in [-0.39, 0.29) is 18.9 Å². The van der Waals surface area contributed by atoms with E-state index in [0.29, 0.717) is 19.4 Å². The first-order valence-corrected chi connectivity index (χ1v) is 9.38. The lowest BCUT2D eigenvalue weighted by Gasteiger charge is -2.13. The summed E-state index contributed by atoms with van der Waals surface area (Å²) < 4.78 is 6.07. The number of rotatable bonds is 9. The van der Waals surface area contributed by atoms with Crippen LogP contribution in [0.15, 0.2) is 24.3 Å². The number of thiazole rings is 1. The summed E-state index contributed by atoms with van der Waals surface area (Å²) in [5.74, 6) is -1.21. The number of aromatic nitrogens is 1. The molecule has 2 rings (SSSR count). The van der Waals surface area contributed by atoms with Crippen LogP contribution in [0.3, 0.4) is 0 Å². The fraction of sp³-hybridized carbons (Fsp3) is 0.444. The summed E-state index contributed by atoms with van der Waals surface area (Å²) >= 11 is 1.62. The van der Waals surface area contributed by atoms with Gasteiger partial charge in [0.1, 0.15) is 6.04 Å². The number of para-hydroxylation sites is 1. The molecule has 26 heavy (non-hydrogen) atoms. The second-order valence-corrected chi connectivity index (χ2v) is 6.89. The molecule has 1 atom stereocenters. The van der Waals surface area contributed by atoms with Crippen LogP contribution in [-0.2, 0) is 25.5 Å². The first-order chi connectivity index (χ1) is 12.5. The van der Waals surface area contributed by atoms with Crippen molar-refractivity contribution < 1.29 is 19.1 Å². The van der Waals surface area contributed by atoms with Gasteiger partial charge in [0.05, 0.1) is 15.2 Å². The van der Waals surface area contributed by atoms with E-state index in [9.17, 15) is 14.4 Å². The fourth-order valence-corrected chi connectivity index (χ4v) is 3.31. The number of aryl methyl sites for hydroxylation is 1. The molecular weight excluding hydrogens is 354 g/mol. The van der Waals surface area contributed by atoms with Gasteiger partial charge in [0, 0.05) is 13.0 Å². The summed E-state index contributed by atoms with van der Waals surface area (Å²) in [6, 6.07) is 7.23. The van der Waals surface area contributed by atoms with Crippen molar-refractivity contribution in [2.75, 3.05) is 13.2 Å². The molecule has 2 amide bonds. The average Bonchev–Trinajstić information content (AvgIpc) is 3.03. The van der Waals surface area contributed by atoms with E-state index < -0.39 is 17.9 Å². The summed E-state index contributed by atoms with van der Waals surface area (Å²) in [6.07, 6.45) is 1.51. The van der Waals surface area contributed by atoms with Crippen LogP contribution >= 0.6 is 11.3 Å². The Labute approximate surface area is 156 Å². The highest BCUT2D eigenvalue weighted by atomic mass is 32.1. The monoisotopic (exact) mass is 377 g/mol. The van der Waals surface area contributed by atoms with Gasteiger partial charge in [-0.05, 0) is 38.8 Å². The van der Waals surface area contributed by atoms with Gasteiger partial charge in [-0.2, -0.15) is 0 Å². The SMILES string of the molecule is CCNC(=O)[C@H](C)NC(=O)COC(=O)CCCc1nc2ccccc2s1.